The van der Waals surface area contributed by atoms with Crippen LogP contribution in [0.2, 0.25) is 0 Å². The van der Waals surface area contributed by atoms with Gasteiger partial charge in [0.05, 0.1) is 6.26 Å². The van der Waals surface area contributed by atoms with Crippen LogP contribution >= 0.6 is 0 Å². The Morgan fingerprint density at radius 2 is 1.89 bits per heavy atom. The van der Waals surface area contributed by atoms with E-state index < -0.39 is 33.6 Å². The van der Waals surface area contributed by atoms with Gasteiger partial charge >= 0.3 is 27.7 Å². The molecule has 1 unspecified atom stereocenters. The first kappa shape index (κ1) is 14.7. The van der Waals surface area contributed by atoms with E-state index in [1.54, 1.807) is 0 Å². The van der Waals surface area contributed by atoms with Crippen molar-refractivity contribution in [2.24, 2.45) is 0 Å². The van der Waals surface area contributed by atoms with E-state index in [1.165, 1.54) is 0 Å². The third-order valence-electron chi connectivity index (χ3n) is 1.75. The molecule has 18 heavy (non-hydrogen) atoms. The molecule has 5 nitrogen and oxygen atoms in total. The van der Waals surface area contributed by atoms with E-state index in [0.717, 1.165) is 12.3 Å². The molecule has 0 aliphatic carbocycles. The van der Waals surface area contributed by atoms with Crippen molar-refractivity contribution >= 4 is 10.1 Å². The number of alkyl halides is 5. The van der Waals surface area contributed by atoms with Crippen molar-refractivity contribution in [1.29, 1.82) is 0 Å². The van der Waals surface area contributed by atoms with Crippen LogP contribution < -0.4 is 4.74 Å². The van der Waals surface area contributed by atoms with Crippen molar-refractivity contribution in [3.8, 4) is 5.95 Å². The predicted octanol–water partition coefficient (Wildman–Crippen LogP) is 2.07. The van der Waals surface area contributed by atoms with Gasteiger partial charge in [0.2, 0.25) is 0 Å². The minimum absolute atomic E-state index is 0.691. The molecule has 1 aromatic heterocycles. The highest BCUT2D eigenvalue weighted by atomic mass is 32.2. The van der Waals surface area contributed by atoms with Crippen molar-refractivity contribution < 1.29 is 44.1 Å². The van der Waals surface area contributed by atoms with Crippen LogP contribution in [0.4, 0.5) is 22.0 Å². The molecule has 0 aliphatic rings. The van der Waals surface area contributed by atoms with Crippen molar-refractivity contribution in [3.05, 3.63) is 18.4 Å². The Hall–Kier alpha value is -1.36. The van der Waals surface area contributed by atoms with E-state index >= 15 is 0 Å². The Morgan fingerprint density at radius 1 is 1.33 bits per heavy atom. The van der Waals surface area contributed by atoms with Gasteiger partial charge in [-0.15, -0.1) is 0 Å². The van der Waals surface area contributed by atoms with E-state index in [2.05, 4.69) is 9.15 Å². The van der Waals surface area contributed by atoms with Gasteiger partial charge < -0.3 is 9.15 Å². The average Bonchev–Trinajstić information content (AvgIpc) is 2.67. The lowest BCUT2D eigenvalue weighted by Gasteiger charge is -2.29. The van der Waals surface area contributed by atoms with E-state index in [-0.39, 0.29) is 0 Å². The molecular weight excluding hydrogens is 291 g/mol. The predicted molar refractivity (Wildman–Crippen MR) is 45.7 cm³/mol. The SMILES string of the molecule is O=S(=O)(O)C(F)(F)C(F)(Oc1ccco1)C(F)F. The Labute approximate surface area is 96.9 Å². The molecule has 0 saturated heterocycles. The Balaban J connectivity index is 3.24. The summed E-state index contributed by atoms with van der Waals surface area (Å²) in [6, 6.07) is 1.68. The Bertz CT molecular complexity index is 498. The smallest absolute Gasteiger partial charge is 0.434 e. The zero-order valence-corrected chi connectivity index (χ0v) is 9.00. The molecule has 0 spiro atoms. The summed E-state index contributed by atoms with van der Waals surface area (Å²) in [6.07, 6.45) is -3.79. The molecule has 0 bridgehead atoms. The molecule has 1 aromatic rings. The molecule has 1 atom stereocenters. The van der Waals surface area contributed by atoms with Crippen molar-refractivity contribution in [3.63, 3.8) is 0 Å². The minimum atomic E-state index is -6.46. The quantitative estimate of drug-likeness (QED) is 0.665. The lowest BCUT2D eigenvalue weighted by Crippen LogP contribution is -2.58. The van der Waals surface area contributed by atoms with Crippen LogP contribution in [0.5, 0.6) is 5.95 Å². The lowest BCUT2D eigenvalue weighted by molar-refractivity contribution is -0.260. The number of furan rings is 1. The molecule has 1 rings (SSSR count). The minimum Gasteiger partial charge on any atom is -0.434 e. The van der Waals surface area contributed by atoms with Crippen LogP contribution in [-0.2, 0) is 10.1 Å². The van der Waals surface area contributed by atoms with E-state index in [1.807, 2.05) is 0 Å². The monoisotopic (exact) mass is 296 g/mol. The first-order valence-corrected chi connectivity index (χ1v) is 5.51. The third-order valence-corrected chi connectivity index (χ3v) is 2.67. The molecule has 0 aromatic carbocycles. The fraction of sp³-hybridized carbons (Fsp3) is 0.429. The maximum absolute atomic E-state index is 13.4. The molecule has 1 heterocycles. The largest absolute Gasteiger partial charge is 0.444 e. The molecule has 0 fully saturated rings. The van der Waals surface area contributed by atoms with E-state index in [4.69, 9.17) is 4.55 Å². The van der Waals surface area contributed by atoms with Crippen molar-refractivity contribution in [2.75, 3.05) is 0 Å². The van der Waals surface area contributed by atoms with E-state index in [9.17, 15) is 30.4 Å². The summed E-state index contributed by atoms with van der Waals surface area (Å²) in [4.78, 5) is 0. The highest BCUT2D eigenvalue weighted by Gasteiger charge is 2.72. The van der Waals surface area contributed by atoms with Gasteiger partial charge in [0, 0.05) is 6.07 Å². The highest BCUT2D eigenvalue weighted by Crippen LogP contribution is 2.42. The van der Waals surface area contributed by atoms with E-state index in [0.29, 0.717) is 6.07 Å². The second kappa shape index (κ2) is 4.39. The molecule has 0 radical (unpaired) electrons. The second-order valence-electron chi connectivity index (χ2n) is 2.97. The van der Waals surface area contributed by atoms with Crippen molar-refractivity contribution in [2.45, 2.75) is 17.5 Å². The molecule has 11 heteroatoms. The fourth-order valence-electron chi connectivity index (χ4n) is 0.875. The fourth-order valence-corrected chi connectivity index (χ4v) is 1.36. The summed E-state index contributed by atoms with van der Waals surface area (Å²) < 4.78 is 100. The molecule has 0 saturated carbocycles. The van der Waals surface area contributed by atoms with Crippen LogP contribution in [0.15, 0.2) is 22.8 Å². The third kappa shape index (κ3) is 2.27. The topological polar surface area (TPSA) is 76.7 Å². The van der Waals surface area contributed by atoms with Crippen LogP contribution in [0.25, 0.3) is 0 Å². The normalized spacial score (nSPS) is 16.6. The standard InChI is InChI=1S/C7H5F5O5S/c8-5(9)6(10,7(11,12)18(13,14)15)17-4-2-1-3-16-4/h1-3,5H,(H,13,14,15). The summed E-state index contributed by atoms with van der Waals surface area (Å²) in [5.41, 5.74) is 0. The van der Waals surface area contributed by atoms with Crippen LogP contribution in [0.3, 0.4) is 0 Å². The summed E-state index contributed by atoms with van der Waals surface area (Å²) in [6.45, 7) is 0. The Morgan fingerprint density at radius 3 is 2.22 bits per heavy atom. The van der Waals surface area contributed by atoms with Gasteiger partial charge in [-0.1, -0.05) is 0 Å². The van der Waals surface area contributed by atoms with Gasteiger partial charge in [0.15, 0.2) is 0 Å². The molecular formula is C7H5F5O5S. The van der Waals surface area contributed by atoms with Crippen LogP contribution in [-0.4, -0.2) is 30.5 Å². The van der Waals surface area contributed by atoms with Gasteiger partial charge in [-0.05, 0) is 6.07 Å². The number of hydrogen-bond donors (Lipinski definition) is 1. The molecule has 0 aliphatic heterocycles. The summed E-state index contributed by atoms with van der Waals surface area (Å²) in [7, 11) is -6.46. The Kier molecular flexibility index (Phi) is 3.58. The summed E-state index contributed by atoms with van der Waals surface area (Å²) in [5, 5.41) is -5.89. The number of rotatable bonds is 5. The number of halogens is 5. The van der Waals surface area contributed by atoms with Gasteiger partial charge in [0.1, 0.15) is 0 Å². The van der Waals surface area contributed by atoms with Gasteiger partial charge in [-0.2, -0.15) is 21.6 Å². The first-order valence-electron chi connectivity index (χ1n) is 4.07. The molecule has 0 amide bonds. The van der Waals surface area contributed by atoms with Gasteiger partial charge in [0.25, 0.3) is 5.95 Å². The molecule has 104 valence electrons. The summed E-state index contributed by atoms with van der Waals surface area (Å²) in [5.74, 6) is -6.40. The van der Waals surface area contributed by atoms with Crippen LogP contribution in [0.1, 0.15) is 0 Å². The number of ether oxygens (including phenoxy) is 1. The summed E-state index contributed by atoms with van der Waals surface area (Å²) >= 11 is 0. The van der Waals surface area contributed by atoms with Gasteiger partial charge in [-0.25, -0.2) is 8.78 Å². The maximum atomic E-state index is 13.4. The zero-order valence-electron chi connectivity index (χ0n) is 8.19. The lowest BCUT2D eigenvalue weighted by atomic mass is 10.3. The number of hydrogen-bond acceptors (Lipinski definition) is 4. The second-order valence-corrected chi connectivity index (χ2v) is 4.43. The van der Waals surface area contributed by atoms with Gasteiger partial charge in [-0.3, -0.25) is 4.55 Å². The van der Waals surface area contributed by atoms with Crippen molar-refractivity contribution in [1.82, 2.24) is 0 Å². The first-order chi connectivity index (χ1) is 8.02. The zero-order chi connectivity index (χ0) is 14.2. The van der Waals surface area contributed by atoms with Crippen LogP contribution in [0, 0.1) is 0 Å². The highest BCUT2D eigenvalue weighted by molar-refractivity contribution is 7.87. The average molecular weight is 296 g/mol. The molecule has 1 N–H and O–H groups in total. The maximum Gasteiger partial charge on any atom is 0.444 e.